The van der Waals surface area contributed by atoms with Gasteiger partial charge in [0.1, 0.15) is 0 Å². The van der Waals surface area contributed by atoms with Gasteiger partial charge >= 0.3 is 0 Å². The van der Waals surface area contributed by atoms with Gasteiger partial charge in [-0.15, -0.1) is 0 Å². The quantitative estimate of drug-likeness (QED) is 0.473. The van der Waals surface area contributed by atoms with Crippen LogP contribution in [0.3, 0.4) is 0 Å². The number of carbonyl (C=O) groups excluding carboxylic acids is 1. The second-order valence-corrected chi connectivity index (χ2v) is 4.13. The summed E-state index contributed by atoms with van der Waals surface area (Å²) in [5, 5.41) is 2.91. The summed E-state index contributed by atoms with van der Waals surface area (Å²) in [5.41, 5.74) is 0. The van der Waals surface area contributed by atoms with Crippen LogP contribution in [0.25, 0.3) is 0 Å². The first-order chi connectivity index (χ1) is 6.66. The Morgan fingerprint density at radius 1 is 1.29 bits per heavy atom. The Morgan fingerprint density at radius 2 is 2.00 bits per heavy atom. The first-order valence-corrected chi connectivity index (χ1v) is 5.82. The molecule has 84 valence electrons. The van der Waals surface area contributed by atoms with Crippen molar-refractivity contribution in [3.8, 4) is 0 Å². The van der Waals surface area contributed by atoms with E-state index in [0.717, 1.165) is 38.1 Å². The fourth-order valence-corrected chi connectivity index (χ4v) is 1.28. The number of nitrogens with one attached hydrogen (secondary N) is 1. The number of hydrogen-bond donors (Lipinski definition) is 2. The summed E-state index contributed by atoms with van der Waals surface area (Å²) in [6.07, 6.45) is 3.95. The Balaban J connectivity index is 3.18. The molecule has 14 heavy (non-hydrogen) atoms. The summed E-state index contributed by atoms with van der Waals surface area (Å²) in [6.45, 7) is 1.63. The zero-order valence-electron chi connectivity index (χ0n) is 9.25. The van der Waals surface area contributed by atoms with Gasteiger partial charge < -0.3 is 10.2 Å². The standard InChI is InChI=1S/C10H22N2OS/c1-12(2)8-6-10(13)11-7-4-3-5-9-14/h14H,3-9H2,1-2H3,(H,11,13). The Kier molecular flexibility index (Phi) is 9.19. The maximum absolute atomic E-state index is 11.2. The average Bonchev–Trinajstić information content (AvgIpc) is 2.14. The topological polar surface area (TPSA) is 32.3 Å². The predicted octanol–water partition coefficient (Wildman–Crippen LogP) is 1.15. The maximum atomic E-state index is 11.2. The molecule has 0 aliphatic heterocycles. The maximum Gasteiger partial charge on any atom is 0.221 e. The third-order valence-corrected chi connectivity index (χ3v) is 2.26. The first-order valence-electron chi connectivity index (χ1n) is 5.19. The average molecular weight is 218 g/mol. The van der Waals surface area contributed by atoms with Gasteiger partial charge in [0, 0.05) is 19.5 Å². The lowest BCUT2D eigenvalue weighted by Crippen LogP contribution is -2.28. The lowest BCUT2D eigenvalue weighted by Gasteiger charge is -2.09. The molecule has 0 atom stereocenters. The molecule has 0 spiro atoms. The van der Waals surface area contributed by atoms with Crippen LogP contribution in [0.1, 0.15) is 25.7 Å². The molecule has 0 bridgehead atoms. The van der Waals surface area contributed by atoms with E-state index < -0.39 is 0 Å². The minimum absolute atomic E-state index is 0.157. The molecular weight excluding hydrogens is 196 g/mol. The van der Waals surface area contributed by atoms with Crippen LogP contribution in [0, 0.1) is 0 Å². The van der Waals surface area contributed by atoms with Crippen molar-refractivity contribution in [1.82, 2.24) is 10.2 Å². The van der Waals surface area contributed by atoms with Gasteiger partial charge in [0.2, 0.25) is 5.91 Å². The third-order valence-electron chi connectivity index (χ3n) is 1.94. The lowest BCUT2D eigenvalue weighted by molar-refractivity contribution is -0.121. The Morgan fingerprint density at radius 3 is 2.57 bits per heavy atom. The van der Waals surface area contributed by atoms with Gasteiger partial charge in [-0.3, -0.25) is 4.79 Å². The number of amides is 1. The SMILES string of the molecule is CN(C)CCC(=O)NCCCCCS. The van der Waals surface area contributed by atoms with Gasteiger partial charge in [0.15, 0.2) is 0 Å². The zero-order valence-corrected chi connectivity index (χ0v) is 10.1. The highest BCUT2D eigenvalue weighted by Gasteiger charge is 2.00. The molecule has 1 amide bonds. The summed E-state index contributed by atoms with van der Waals surface area (Å²) in [4.78, 5) is 13.2. The second kappa shape index (κ2) is 9.34. The second-order valence-electron chi connectivity index (χ2n) is 3.69. The number of rotatable bonds is 8. The molecule has 0 fully saturated rings. The van der Waals surface area contributed by atoms with E-state index in [1.54, 1.807) is 0 Å². The van der Waals surface area contributed by atoms with Gasteiger partial charge in [-0.1, -0.05) is 6.42 Å². The molecule has 0 unspecified atom stereocenters. The van der Waals surface area contributed by atoms with Crippen molar-refractivity contribution in [3.05, 3.63) is 0 Å². The highest BCUT2D eigenvalue weighted by Crippen LogP contribution is 1.95. The number of nitrogens with zero attached hydrogens (tertiary/aromatic N) is 1. The van der Waals surface area contributed by atoms with Crippen LogP contribution in [-0.2, 0) is 4.79 Å². The number of thiol groups is 1. The van der Waals surface area contributed by atoms with Crippen molar-refractivity contribution < 1.29 is 4.79 Å². The van der Waals surface area contributed by atoms with Gasteiger partial charge in [-0.05, 0) is 32.7 Å². The van der Waals surface area contributed by atoms with Crippen molar-refractivity contribution in [3.63, 3.8) is 0 Å². The fourth-order valence-electron chi connectivity index (χ4n) is 1.05. The van der Waals surface area contributed by atoms with Gasteiger partial charge in [0.25, 0.3) is 0 Å². The lowest BCUT2D eigenvalue weighted by atomic mass is 10.2. The summed E-state index contributed by atoms with van der Waals surface area (Å²) in [6, 6.07) is 0. The normalized spacial score (nSPS) is 10.6. The van der Waals surface area contributed by atoms with Crippen LogP contribution in [0.5, 0.6) is 0 Å². The van der Waals surface area contributed by atoms with Crippen LogP contribution >= 0.6 is 12.6 Å². The highest BCUT2D eigenvalue weighted by molar-refractivity contribution is 7.80. The molecule has 0 aliphatic rings. The van der Waals surface area contributed by atoms with Crippen molar-refractivity contribution in [2.75, 3.05) is 32.9 Å². The summed E-state index contributed by atoms with van der Waals surface area (Å²) in [7, 11) is 3.94. The van der Waals surface area contributed by atoms with E-state index in [0.29, 0.717) is 6.42 Å². The molecule has 4 heteroatoms. The predicted molar refractivity (Wildman–Crippen MR) is 63.9 cm³/mol. The summed E-state index contributed by atoms with van der Waals surface area (Å²) in [5.74, 6) is 1.10. The molecule has 0 aliphatic carbocycles. The van der Waals surface area contributed by atoms with Crippen LogP contribution in [-0.4, -0.2) is 43.7 Å². The Labute approximate surface area is 92.7 Å². The highest BCUT2D eigenvalue weighted by atomic mass is 32.1. The van der Waals surface area contributed by atoms with Crippen LogP contribution in [0.4, 0.5) is 0 Å². The van der Waals surface area contributed by atoms with Crippen LogP contribution in [0.2, 0.25) is 0 Å². The minimum atomic E-state index is 0.157. The number of unbranched alkanes of at least 4 members (excludes halogenated alkanes) is 2. The zero-order chi connectivity index (χ0) is 10.8. The van der Waals surface area contributed by atoms with E-state index in [2.05, 4.69) is 17.9 Å². The molecular formula is C10H22N2OS. The molecule has 0 aromatic heterocycles. The molecule has 1 N–H and O–H groups in total. The fraction of sp³-hybridized carbons (Fsp3) is 0.900. The third kappa shape index (κ3) is 9.86. The summed E-state index contributed by atoms with van der Waals surface area (Å²) < 4.78 is 0. The van der Waals surface area contributed by atoms with E-state index >= 15 is 0 Å². The van der Waals surface area contributed by atoms with Gasteiger partial charge in [0.05, 0.1) is 0 Å². The van der Waals surface area contributed by atoms with Crippen molar-refractivity contribution >= 4 is 18.5 Å². The Hall–Kier alpha value is -0.220. The van der Waals surface area contributed by atoms with E-state index in [1.165, 1.54) is 0 Å². The van der Waals surface area contributed by atoms with Gasteiger partial charge in [-0.2, -0.15) is 12.6 Å². The molecule has 0 saturated carbocycles. The van der Waals surface area contributed by atoms with E-state index in [-0.39, 0.29) is 5.91 Å². The van der Waals surface area contributed by atoms with E-state index in [1.807, 2.05) is 19.0 Å². The number of carbonyl (C=O) groups is 1. The molecule has 3 nitrogen and oxygen atoms in total. The minimum Gasteiger partial charge on any atom is -0.356 e. The molecule has 0 radical (unpaired) electrons. The van der Waals surface area contributed by atoms with Crippen LogP contribution in [0.15, 0.2) is 0 Å². The largest absolute Gasteiger partial charge is 0.356 e. The van der Waals surface area contributed by atoms with Gasteiger partial charge in [-0.25, -0.2) is 0 Å². The monoisotopic (exact) mass is 218 g/mol. The molecule has 0 aromatic carbocycles. The first kappa shape index (κ1) is 13.8. The van der Waals surface area contributed by atoms with Crippen molar-refractivity contribution in [2.45, 2.75) is 25.7 Å². The molecule has 0 rings (SSSR count). The molecule has 0 aromatic rings. The van der Waals surface area contributed by atoms with Crippen molar-refractivity contribution in [2.24, 2.45) is 0 Å². The molecule has 0 saturated heterocycles. The van der Waals surface area contributed by atoms with Crippen LogP contribution < -0.4 is 5.32 Å². The van der Waals surface area contributed by atoms with E-state index in [9.17, 15) is 4.79 Å². The Bertz CT molecular complexity index is 151. The molecule has 0 heterocycles. The smallest absolute Gasteiger partial charge is 0.221 e. The summed E-state index contributed by atoms with van der Waals surface area (Å²) >= 11 is 4.13. The number of hydrogen-bond acceptors (Lipinski definition) is 3. The van der Waals surface area contributed by atoms with Crippen molar-refractivity contribution in [1.29, 1.82) is 0 Å². The van der Waals surface area contributed by atoms with E-state index in [4.69, 9.17) is 0 Å².